The van der Waals surface area contributed by atoms with Gasteiger partial charge in [-0.05, 0) is 43.9 Å². The van der Waals surface area contributed by atoms with Crippen molar-refractivity contribution in [3.8, 4) is 0 Å². The van der Waals surface area contributed by atoms with Crippen molar-refractivity contribution in [2.75, 3.05) is 37.7 Å². The van der Waals surface area contributed by atoms with Crippen molar-refractivity contribution in [3.05, 3.63) is 12.2 Å². The summed E-state index contributed by atoms with van der Waals surface area (Å²) in [5, 5.41) is 3.48. The van der Waals surface area contributed by atoms with Gasteiger partial charge >= 0.3 is 0 Å². The van der Waals surface area contributed by atoms with Gasteiger partial charge in [0.2, 0.25) is 0 Å². The zero-order chi connectivity index (χ0) is 17.2. The number of rotatable bonds is 4. The molecule has 0 bridgehead atoms. The largest absolute Gasteiger partial charge is 0.356 e. The molecule has 3 atom stereocenters. The Morgan fingerprint density at radius 3 is 2.42 bits per heavy atom. The van der Waals surface area contributed by atoms with Gasteiger partial charge in [-0.1, -0.05) is 25.0 Å². The Balaban J connectivity index is 1.61. The predicted octanol–water partition coefficient (Wildman–Crippen LogP) is 2.06. The van der Waals surface area contributed by atoms with Crippen LogP contribution in [0.15, 0.2) is 17.1 Å². The van der Waals surface area contributed by atoms with Crippen molar-refractivity contribution in [3.63, 3.8) is 0 Å². The van der Waals surface area contributed by atoms with Gasteiger partial charge in [-0.3, -0.25) is 0 Å². The number of nitrogens with one attached hydrogen (secondary N) is 1. The molecule has 3 aliphatic rings. The number of likely N-dealkylation sites (tertiary alicyclic amines) is 1. The van der Waals surface area contributed by atoms with Crippen molar-refractivity contribution in [2.24, 2.45) is 22.7 Å². The first-order chi connectivity index (χ1) is 11.4. The second kappa shape index (κ2) is 7.46. The van der Waals surface area contributed by atoms with Crippen molar-refractivity contribution in [2.45, 2.75) is 39.0 Å². The summed E-state index contributed by atoms with van der Waals surface area (Å²) < 4.78 is 23.3. The lowest BCUT2D eigenvalue weighted by Crippen LogP contribution is -2.42. The van der Waals surface area contributed by atoms with E-state index in [-0.39, 0.29) is 5.92 Å². The lowest BCUT2D eigenvalue weighted by molar-refractivity contribution is 0.299. The highest BCUT2D eigenvalue weighted by Gasteiger charge is 2.36. The second-order valence-electron chi connectivity index (χ2n) is 7.96. The standard InChI is InChI=1S/C18H31N3O2S/c1-14(2)9-19-18(20-10-15-7-8-24(22,23)13-15)21-11-16-5-3-4-6-17(16)12-21/h15-17H,1,3-13H2,2H3,(H,19,20). The summed E-state index contributed by atoms with van der Waals surface area (Å²) in [6, 6.07) is 0. The molecule has 2 saturated heterocycles. The van der Waals surface area contributed by atoms with E-state index < -0.39 is 9.84 Å². The van der Waals surface area contributed by atoms with E-state index in [0.29, 0.717) is 24.6 Å². The van der Waals surface area contributed by atoms with Crippen LogP contribution in [-0.2, 0) is 9.84 Å². The summed E-state index contributed by atoms with van der Waals surface area (Å²) in [5.74, 6) is 3.45. The van der Waals surface area contributed by atoms with E-state index in [1.165, 1.54) is 25.7 Å². The maximum atomic E-state index is 11.6. The Bertz CT molecular complexity index is 585. The van der Waals surface area contributed by atoms with Gasteiger partial charge in [0.05, 0.1) is 18.1 Å². The van der Waals surface area contributed by atoms with Crippen LogP contribution in [0, 0.1) is 17.8 Å². The average molecular weight is 354 g/mol. The van der Waals surface area contributed by atoms with Crippen LogP contribution >= 0.6 is 0 Å². The second-order valence-corrected chi connectivity index (χ2v) is 10.2. The van der Waals surface area contributed by atoms with E-state index >= 15 is 0 Å². The monoisotopic (exact) mass is 353 g/mol. The van der Waals surface area contributed by atoms with Crippen LogP contribution in [0.5, 0.6) is 0 Å². The van der Waals surface area contributed by atoms with Crippen LogP contribution in [0.2, 0.25) is 0 Å². The lowest BCUT2D eigenvalue weighted by atomic mass is 9.82. The molecular weight excluding hydrogens is 322 g/mol. The minimum Gasteiger partial charge on any atom is -0.356 e. The molecule has 3 rings (SSSR count). The summed E-state index contributed by atoms with van der Waals surface area (Å²) in [4.78, 5) is 7.14. The van der Waals surface area contributed by atoms with Crippen LogP contribution in [0.4, 0.5) is 0 Å². The van der Waals surface area contributed by atoms with Crippen molar-refractivity contribution < 1.29 is 8.42 Å². The first kappa shape index (κ1) is 17.8. The van der Waals surface area contributed by atoms with Gasteiger partial charge in [-0.25, -0.2) is 13.4 Å². The Kier molecular flexibility index (Phi) is 5.52. The smallest absolute Gasteiger partial charge is 0.194 e. The maximum Gasteiger partial charge on any atom is 0.194 e. The van der Waals surface area contributed by atoms with E-state index in [0.717, 1.165) is 42.9 Å². The highest BCUT2D eigenvalue weighted by atomic mass is 32.2. The molecule has 1 aliphatic carbocycles. The van der Waals surface area contributed by atoms with Gasteiger partial charge in [0.25, 0.3) is 0 Å². The zero-order valence-corrected chi connectivity index (χ0v) is 15.7. The first-order valence-electron chi connectivity index (χ1n) is 9.31. The highest BCUT2D eigenvalue weighted by molar-refractivity contribution is 7.91. The van der Waals surface area contributed by atoms with Crippen molar-refractivity contribution >= 4 is 15.8 Å². The Morgan fingerprint density at radius 2 is 1.88 bits per heavy atom. The Labute approximate surface area is 146 Å². The molecule has 0 aromatic heterocycles. The molecule has 3 unspecified atom stereocenters. The fourth-order valence-corrected chi connectivity index (χ4v) is 6.19. The quantitative estimate of drug-likeness (QED) is 0.477. The molecule has 6 heteroatoms. The molecule has 1 saturated carbocycles. The predicted molar refractivity (Wildman–Crippen MR) is 98.9 cm³/mol. The molecule has 3 fully saturated rings. The molecule has 0 spiro atoms. The SMILES string of the molecule is C=C(C)CN=C(NCC1CCS(=O)(=O)C1)N1CC2CCCCC2C1. The van der Waals surface area contributed by atoms with Crippen molar-refractivity contribution in [1.29, 1.82) is 0 Å². The number of fused-ring (bicyclic) bond motifs is 1. The fourth-order valence-electron chi connectivity index (χ4n) is 4.32. The molecular formula is C18H31N3O2S. The third-order valence-corrected chi connectivity index (χ3v) is 7.49. The van der Waals surface area contributed by atoms with Gasteiger partial charge in [0.15, 0.2) is 15.8 Å². The molecule has 136 valence electrons. The molecule has 2 aliphatic heterocycles. The van der Waals surface area contributed by atoms with Gasteiger partial charge in [0.1, 0.15) is 0 Å². The fraction of sp³-hybridized carbons (Fsp3) is 0.833. The minimum atomic E-state index is -2.81. The van der Waals surface area contributed by atoms with E-state index in [2.05, 4.69) is 16.8 Å². The Hall–Kier alpha value is -1.04. The van der Waals surface area contributed by atoms with E-state index in [1.807, 2.05) is 6.92 Å². The van der Waals surface area contributed by atoms with Crippen LogP contribution in [0.25, 0.3) is 0 Å². The molecule has 5 nitrogen and oxygen atoms in total. The zero-order valence-electron chi connectivity index (χ0n) is 14.8. The van der Waals surface area contributed by atoms with Gasteiger partial charge in [-0.2, -0.15) is 0 Å². The average Bonchev–Trinajstić information content (AvgIpc) is 3.09. The summed E-state index contributed by atoms with van der Waals surface area (Å²) in [6.45, 7) is 9.47. The van der Waals surface area contributed by atoms with Gasteiger partial charge in [0, 0.05) is 19.6 Å². The molecule has 24 heavy (non-hydrogen) atoms. The van der Waals surface area contributed by atoms with E-state index in [9.17, 15) is 8.42 Å². The van der Waals surface area contributed by atoms with E-state index in [1.54, 1.807) is 0 Å². The summed E-state index contributed by atoms with van der Waals surface area (Å²) in [5.41, 5.74) is 1.05. The number of sulfone groups is 1. The third kappa shape index (κ3) is 4.52. The number of aliphatic imine (C=N–C) groups is 1. The van der Waals surface area contributed by atoms with Gasteiger partial charge < -0.3 is 10.2 Å². The molecule has 0 aromatic carbocycles. The minimum absolute atomic E-state index is 0.218. The number of guanidine groups is 1. The van der Waals surface area contributed by atoms with Gasteiger partial charge in [-0.15, -0.1) is 0 Å². The first-order valence-corrected chi connectivity index (χ1v) is 11.1. The van der Waals surface area contributed by atoms with Crippen LogP contribution in [-0.4, -0.2) is 57.0 Å². The number of hydrogen-bond donors (Lipinski definition) is 1. The summed E-state index contributed by atoms with van der Waals surface area (Å²) >= 11 is 0. The lowest BCUT2D eigenvalue weighted by Gasteiger charge is -2.23. The number of nitrogens with zero attached hydrogens (tertiary/aromatic N) is 2. The van der Waals surface area contributed by atoms with E-state index in [4.69, 9.17) is 4.99 Å². The summed E-state index contributed by atoms with van der Waals surface area (Å²) in [6.07, 6.45) is 6.18. The molecule has 0 amide bonds. The number of hydrogen-bond acceptors (Lipinski definition) is 3. The summed E-state index contributed by atoms with van der Waals surface area (Å²) in [7, 11) is -2.81. The topological polar surface area (TPSA) is 61.8 Å². The van der Waals surface area contributed by atoms with Crippen LogP contribution in [0.1, 0.15) is 39.0 Å². The maximum absolute atomic E-state index is 11.6. The Morgan fingerprint density at radius 1 is 1.21 bits per heavy atom. The third-order valence-electron chi connectivity index (χ3n) is 5.65. The van der Waals surface area contributed by atoms with Crippen molar-refractivity contribution in [1.82, 2.24) is 10.2 Å². The highest BCUT2D eigenvalue weighted by Crippen LogP contribution is 2.36. The normalized spacial score (nSPS) is 32.6. The van der Waals surface area contributed by atoms with Crippen LogP contribution < -0.4 is 5.32 Å². The molecule has 1 N–H and O–H groups in total. The molecule has 0 aromatic rings. The van der Waals surface area contributed by atoms with Crippen LogP contribution in [0.3, 0.4) is 0 Å². The molecule has 2 heterocycles. The molecule has 0 radical (unpaired) electrons.